The van der Waals surface area contributed by atoms with E-state index in [0.29, 0.717) is 0 Å². The monoisotopic (exact) mass is 296 g/mol. The quantitative estimate of drug-likeness (QED) is 0.578. The van der Waals surface area contributed by atoms with Gasteiger partial charge in [0.05, 0.1) is 23.2 Å². The molecule has 1 aromatic heterocycles. The molecule has 0 atom stereocenters. The molecule has 0 N–H and O–H groups in total. The Hall–Kier alpha value is -0.385. The Bertz CT molecular complexity index is 426. The SMILES string of the molecule is Cc1ccoc1CSCCCB1OC(C)(C)C(C)(C)O1. The highest BCUT2D eigenvalue weighted by molar-refractivity contribution is 7.98. The lowest BCUT2D eigenvalue weighted by molar-refractivity contribution is 0.00578. The first-order chi connectivity index (χ1) is 9.32. The Morgan fingerprint density at radius 3 is 2.35 bits per heavy atom. The fourth-order valence-electron chi connectivity index (χ4n) is 2.15. The van der Waals surface area contributed by atoms with Gasteiger partial charge in [0.15, 0.2) is 0 Å². The third kappa shape index (κ3) is 3.63. The molecule has 0 aliphatic carbocycles. The molecular weight excluding hydrogens is 271 g/mol. The minimum atomic E-state index is -0.212. The summed E-state index contributed by atoms with van der Waals surface area (Å²) in [6.45, 7) is 10.5. The van der Waals surface area contributed by atoms with Gasteiger partial charge in [-0.15, -0.1) is 0 Å². The third-order valence-electron chi connectivity index (χ3n) is 4.23. The molecule has 1 aromatic rings. The van der Waals surface area contributed by atoms with Crippen molar-refractivity contribution in [1.82, 2.24) is 0 Å². The molecule has 0 aromatic carbocycles. The number of aryl methyl sites for hydroxylation is 1. The van der Waals surface area contributed by atoms with E-state index in [1.807, 2.05) is 17.8 Å². The zero-order chi connectivity index (χ0) is 14.8. The predicted molar refractivity (Wildman–Crippen MR) is 85.1 cm³/mol. The van der Waals surface area contributed by atoms with Gasteiger partial charge in [0.25, 0.3) is 0 Å². The lowest BCUT2D eigenvalue weighted by atomic mass is 9.83. The van der Waals surface area contributed by atoms with Crippen LogP contribution in [0.3, 0.4) is 0 Å². The first-order valence-corrected chi connectivity index (χ1v) is 8.44. The van der Waals surface area contributed by atoms with Gasteiger partial charge in [0.2, 0.25) is 0 Å². The van der Waals surface area contributed by atoms with Crippen molar-refractivity contribution in [2.75, 3.05) is 5.75 Å². The van der Waals surface area contributed by atoms with E-state index < -0.39 is 0 Å². The molecule has 1 aliphatic heterocycles. The summed E-state index contributed by atoms with van der Waals surface area (Å²) in [6.07, 6.45) is 3.81. The van der Waals surface area contributed by atoms with Crippen molar-refractivity contribution in [3.63, 3.8) is 0 Å². The van der Waals surface area contributed by atoms with Crippen molar-refractivity contribution in [3.8, 4) is 0 Å². The van der Waals surface area contributed by atoms with Crippen LogP contribution in [0.25, 0.3) is 0 Å². The average molecular weight is 296 g/mol. The van der Waals surface area contributed by atoms with Crippen molar-refractivity contribution in [2.24, 2.45) is 0 Å². The number of hydrogen-bond donors (Lipinski definition) is 0. The van der Waals surface area contributed by atoms with E-state index in [4.69, 9.17) is 13.7 Å². The van der Waals surface area contributed by atoms with Crippen molar-refractivity contribution >= 4 is 18.9 Å². The minimum Gasteiger partial charge on any atom is -0.468 e. The molecule has 2 rings (SSSR count). The van der Waals surface area contributed by atoms with E-state index in [9.17, 15) is 0 Å². The molecule has 0 saturated carbocycles. The summed E-state index contributed by atoms with van der Waals surface area (Å²) in [5, 5.41) is 0. The molecule has 0 bridgehead atoms. The molecule has 0 spiro atoms. The van der Waals surface area contributed by atoms with Crippen molar-refractivity contribution < 1.29 is 13.7 Å². The number of thioether (sulfide) groups is 1. The molecular formula is C15H25BO3S. The smallest absolute Gasteiger partial charge is 0.457 e. The van der Waals surface area contributed by atoms with E-state index >= 15 is 0 Å². The maximum Gasteiger partial charge on any atom is 0.457 e. The van der Waals surface area contributed by atoms with Crippen LogP contribution >= 0.6 is 11.8 Å². The van der Waals surface area contributed by atoms with E-state index in [2.05, 4.69) is 34.6 Å². The highest BCUT2D eigenvalue weighted by Crippen LogP contribution is 2.38. The van der Waals surface area contributed by atoms with Gasteiger partial charge < -0.3 is 13.7 Å². The zero-order valence-corrected chi connectivity index (χ0v) is 14.0. The molecule has 0 unspecified atom stereocenters. The van der Waals surface area contributed by atoms with Gasteiger partial charge in [-0.05, 0) is 64.7 Å². The van der Waals surface area contributed by atoms with E-state index in [1.165, 1.54) is 5.56 Å². The zero-order valence-electron chi connectivity index (χ0n) is 13.2. The highest BCUT2D eigenvalue weighted by atomic mass is 32.2. The minimum absolute atomic E-state index is 0.0639. The van der Waals surface area contributed by atoms with Crippen LogP contribution in [0.15, 0.2) is 16.7 Å². The fraction of sp³-hybridized carbons (Fsp3) is 0.733. The fourth-order valence-corrected chi connectivity index (χ4v) is 3.15. The lowest BCUT2D eigenvalue weighted by Crippen LogP contribution is -2.41. The first kappa shape index (κ1) is 16.0. The Morgan fingerprint density at radius 2 is 1.80 bits per heavy atom. The maximum absolute atomic E-state index is 5.99. The molecule has 112 valence electrons. The summed E-state index contributed by atoms with van der Waals surface area (Å²) in [4.78, 5) is 0. The second kappa shape index (κ2) is 6.16. The lowest BCUT2D eigenvalue weighted by Gasteiger charge is -2.32. The predicted octanol–water partition coefficient (Wildman–Crippen LogP) is 4.30. The number of furan rings is 1. The second-order valence-electron chi connectivity index (χ2n) is 6.41. The van der Waals surface area contributed by atoms with Crippen LogP contribution in [0.4, 0.5) is 0 Å². The van der Waals surface area contributed by atoms with Crippen LogP contribution in [0.5, 0.6) is 0 Å². The summed E-state index contributed by atoms with van der Waals surface area (Å²) in [7, 11) is -0.0639. The van der Waals surface area contributed by atoms with Gasteiger partial charge in [-0.3, -0.25) is 0 Å². The Morgan fingerprint density at radius 1 is 1.15 bits per heavy atom. The summed E-state index contributed by atoms with van der Waals surface area (Å²) < 4.78 is 17.4. The summed E-state index contributed by atoms with van der Waals surface area (Å²) >= 11 is 1.90. The van der Waals surface area contributed by atoms with E-state index in [0.717, 1.165) is 30.0 Å². The van der Waals surface area contributed by atoms with Crippen LogP contribution in [0.2, 0.25) is 6.32 Å². The van der Waals surface area contributed by atoms with Crippen LogP contribution in [-0.4, -0.2) is 24.1 Å². The molecule has 2 heterocycles. The van der Waals surface area contributed by atoms with Crippen LogP contribution < -0.4 is 0 Å². The molecule has 5 heteroatoms. The molecule has 20 heavy (non-hydrogen) atoms. The second-order valence-corrected chi connectivity index (χ2v) is 7.51. The molecule has 1 aliphatic rings. The molecule has 1 saturated heterocycles. The molecule has 0 radical (unpaired) electrons. The summed E-state index contributed by atoms with van der Waals surface area (Å²) in [5.41, 5.74) is 0.815. The van der Waals surface area contributed by atoms with E-state index in [1.54, 1.807) is 6.26 Å². The molecule has 1 fully saturated rings. The average Bonchev–Trinajstić information content (AvgIpc) is 2.81. The van der Waals surface area contributed by atoms with E-state index in [-0.39, 0.29) is 18.3 Å². The van der Waals surface area contributed by atoms with Crippen LogP contribution in [0.1, 0.15) is 45.4 Å². The Kier molecular flexibility index (Phi) is 4.93. The number of rotatable bonds is 6. The standard InChI is InChI=1S/C15H25BO3S/c1-12-7-9-17-13(12)11-20-10-6-8-16-18-14(2,3)15(4,5)19-16/h7,9H,6,8,10-11H2,1-5H3. The van der Waals surface area contributed by atoms with Gasteiger partial charge in [0, 0.05) is 0 Å². The molecule has 0 amide bonds. The highest BCUT2D eigenvalue weighted by Gasteiger charge is 2.50. The van der Waals surface area contributed by atoms with Gasteiger partial charge in [-0.25, -0.2) is 0 Å². The van der Waals surface area contributed by atoms with Crippen molar-refractivity contribution in [1.29, 1.82) is 0 Å². The summed E-state index contributed by atoms with van der Waals surface area (Å²) in [6, 6.07) is 2.01. The van der Waals surface area contributed by atoms with Crippen LogP contribution in [0, 0.1) is 6.92 Å². The number of hydrogen-bond acceptors (Lipinski definition) is 4. The van der Waals surface area contributed by atoms with Gasteiger partial charge in [0.1, 0.15) is 5.76 Å². The summed E-state index contributed by atoms with van der Waals surface area (Å²) in [5.74, 6) is 3.14. The van der Waals surface area contributed by atoms with Crippen LogP contribution in [-0.2, 0) is 15.1 Å². The van der Waals surface area contributed by atoms with Gasteiger partial charge in [-0.2, -0.15) is 11.8 Å². The Labute approximate surface area is 126 Å². The normalized spacial score (nSPS) is 20.6. The third-order valence-corrected chi connectivity index (χ3v) is 5.28. The maximum atomic E-state index is 5.99. The van der Waals surface area contributed by atoms with Crippen molar-refractivity contribution in [3.05, 3.63) is 23.7 Å². The van der Waals surface area contributed by atoms with Gasteiger partial charge >= 0.3 is 7.12 Å². The van der Waals surface area contributed by atoms with Crippen molar-refractivity contribution in [2.45, 2.75) is 64.3 Å². The molecule has 3 nitrogen and oxygen atoms in total. The van der Waals surface area contributed by atoms with Gasteiger partial charge in [-0.1, -0.05) is 0 Å². The topological polar surface area (TPSA) is 31.6 Å². The first-order valence-electron chi connectivity index (χ1n) is 7.28. The largest absolute Gasteiger partial charge is 0.468 e. The Balaban J connectivity index is 1.64.